The highest BCUT2D eigenvalue weighted by Gasteiger charge is 2.16. The molecule has 0 fully saturated rings. The molecule has 0 N–H and O–H groups in total. The van der Waals surface area contributed by atoms with Gasteiger partial charge in [-0.05, 0) is 30.0 Å². The van der Waals surface area contributed by atoms with Gasteiger partial charge in [-0.1, -0.05) is 62.4 Å². The SMILES string of the molecule is Cc1cnc(-c2nn(Cc3ccccc3)c3ccccc23)nc1C(C)C. The number of aromatic nitrogens is 4. The molecule has 0 aliphatic rings. The van der Waals surface area contributed by atoms with Gasteiger partial charge in [0.15, 0.2) is 5.82 Å². The first kappa shape index (κ1) is 16.5. The van der Waals surface area contributed by atoms with E-state index in [0.717, 1.165) is 34.4 Å². The zero-order valence-electron chi connectivity index (χ0n) is 15.3. The zero-order valence-corrected chi connectivity index (χ0v) is 15.3. The molecule has 0 saturated heterocycles. The molecule has 0 saturated carbocycles. The molecule has 4 rings (SSSR count). The van der Waals surface area contributed by atoms with Crippen molar-refractivity contribution in [1.82, 2.24) is 19.7 Å². The van der Waals surface area contributed by atoms with E-state index in [1.807, 2.05) is 29.1 Å². The summed E-state index contributed by atoms with van der Waals surface area (Å²) in [5.74, 6) is 1.05. The Morgan fingerprint density at radius 1 is 0.962 bits per heavy atom. The Bertz CT molecular complexity index is 1050. The highest BCUT2D eigenvalue weighted by Crippen LogP contribution is 2.27. The van der Waals surface area contributed by atoms with Gasteiger partial charge in [0.2, 0.25) is 0 Å². The van der Waals surface area contributed by atoms with Gasteiger partial charge in [0.1, 0.15) is 5.69 Å². The van der Waals surface area contributed by atoms with E-state index >= 15 is 0 Å². The average Bonchev–Trinajstić information content (AvgIpc) is 3.01. The number of fused-ring (bicyclic) bond motifs is 1. The third-order valence-electron chi connectivity index (χ3n) is 4.60. The number of rotatable bonds is 4. The molecule has 4 nitrogen and oxygen atoms in total. The third kappa shape index (κ3) is 2.99. The lowest BCUT2D eigenvalue weighted by Crippen LogP contribution is -2.03. The highest BCUT2D eigenvalue weighted by molar-refractivity contribution is 5.91. The van der Waals surface area contributed by atoms with Crippen molar-refractivity contribution in [2.45, 2.75) is 33.2 Å². The maximum atomic E-state index is 4.88. The van der Waals surface area contributed by atoms with Crippen molar-refractivity contribution in [2.24, 2.45) is 0 Å². The molecule has 2 aromatic heterocycles. The summed E-state index contributed by atoms with van der Waals surface area (Å²) in [7, 11) is 0. The summed E-state index contributed by atoms with van der Waals surface area (Å²) in [5, 5.41) is 5.96. The van der Waals surface area contributed by atoms with Gasteiger partial charge < -0.3 is 0 Å². The van der Waals surface area contributed by atoms with Crippen molar-refractivity contribution in [3.05, 3.63) is 77.6 Å². The summed E-state index contributed by atoms with van der Waals surface area (Å²) in [5.41, 5.74) is 5.37. The molecule has 0 unspecified atom stereocenters. The van der Waals surface area contributed by atoms with E-state index in [1.165, 1.54) is 5.56 Å². The molecular formula is C22H22N4. The molecule has 0 atom stereocenters. The maximum Gasteiger partial charge on any atom is 0.180 e. The Kier molecular flexibility index (Phi) is 4.25. The fraction of sp³-hybridized carbons (Fsp3) is 0.227. The Hall–Kier alpha value is -3.01. The van der Waals surface area contributed by atoms with Crippen LogP contribution in [0, 0.1) is 6.92 Å². The molecule has 26 heavy (non-hydrogen) atoms. The number of hydrogen-bond donors (Lipinski definition) is 0. The van der Waals surface area contributed by atoms with Crippen molar-refractivity contribution in [2.75, 3.05) is 0 Å². The Morgan fingerprint density at radius 2 is 1.69 bits per heavy atom. The lowest BCUT2D eigenvalue weighted by molar-refractivity contribution is 0.712. The number of benzene rings is 2. The van der Waals surface area contributed by atoms with E-state index in [9.17, 15) is 0 Å². The van der Waals surface area contributed by atoms with Crippen LogP contribution < -0.4 is 0 Å². The Morgan fingerprint density at radius 3 is 2.46 bits per heavy atom. The summed E-state index contributed by atoms with van der Waals surface area (Å²) in [4.78, 5) is 9.40. The number of nitrogens with zero attached hydrogens (tertiary/aromatic N) is 4. The van der Waals surface area contributed by atoms with Gasteiger partial charge in [-0.25, -0.2) is 9.97 Å². The summed E-state index contributed by atoms with van der Waals surface area (Å²) in [6.07, 6.45) is 1.91. The molecule has 4 heteroatoms. The van der Waals surface area contributed by atoms with Crippen molar-refractivity contribution in [3.63, 3.8) is 0 Å². The number of aryl methyl sites for hydroxylation is 1. The first-order valence-electron chi connectivity index (χ1n) is 8.97. The predicted octanol–water partition coefficient (Wildman–Crippen LogP) is 4.97. The first-order valence-corrected chi connectivity index (χ1v) is 8.97. The average molecular weight is 342 g/mol. The smallest absolute Gasteiger partial charge is 0.180 e. The molecule has 2 aromatic carbocycles. The van der Waals surface area contributed by atoms with Gasteiger partial charge in [0, 0.05) is 17.3 Å². The fourth-order valence-corrected chi connectivity index (χ4v) is 3.32. The van der Waals surface area contributed by atoms with Gasteiger partial charge in [-0.2, -0.15) is 5.10 Å². The second kappa shape index (κ2) is 6.71. The first-order chi connectivity index (χ1) is 12.6. The Balaban J connectivity index is 1.85. The maximum absolute atomic E-state index is 4.88. The fourth-order valence-electron chi connectivity index (χ4n) is 3.32. The number of hydrogen-bond acceptors (Lipinski definition) is 3. The Labute approximate surface area is 153 Å². The second-order valence-electron chi connectivity index (χ2n) is 6.93. The summed E-state index contributed by atoms with van der Waals surface area (Å²) < 4.78 is 2.04. The van der Waals surface area contributed by atoms with Crippen LogP contribution in [0.2, 0.25) is 0 Å². The van der Waals surface area contributed by atoms with E-state index < -0.39 is 0 Å². The highest BCUT2D eigenvalue weighted by atomic mass is 15.3. The number of para-hydroxylation sites is 1. The van der Waals surface area contributed by atoms with Crippen LogP contribution in [0.1, 0.15) is 36.6 Å². The van der Waals surface area contributed by atoms with Crippen LogP contribution in [0.25, 0.3) is 22.4 Å². The molecule has 2 heterocycles. The molecule has 0 aliphatic heterocycles. The topological polar surface area (TPSA) is 43.6 Å². The zero-order chi connectivity index (χ0) is 18.1. The largest absolute Gasteiger partial charge is 0.260 e. The van der Waals surface area contributed by atoms with Crippen molar-refractivity contribution in [3.8, 4) is 11.5 Å². The monoisotopic (exact) mass is 342 g/mol. The van der Waals surface area contributed by atoms with Gasteiger partial charge in [-0.3, -0.25) is 4.68 Å². The van der Waals surface area contributed by atoms with Crippen LogP contribution >= 0.6 is 0 Å². The molecular weight excluding hydrogens is 320 g/mol. The van der Waals surface area contributed by atoms with Crippen molar-refractivity contribution < 1.29 is 0 Å². The van der Waals surface area contributed by atoms with Gasteiger partial charge in [-0.15, -0.1) is 0 Å². The van der Waals surface area contributed by atoms with E-state index in [1.54, 1.807) is 0 Å². The minimum atomic E-state index is 0.356. The lowest BCUT2D eigenvalue weighted by atomic mass is 10.1. The molecule has 0 amide bonds. The van der Waals surface area contributed by atoms with Crippen LogP contribution in [0.3, 0.4) is 0 Å². The standard InChI is InChI=1S/C22H22N4/c1-15(2)20-16(3)13-23-22(24-20)21-18-11-7-8-12-19(18)26(25-21)14-17-9-5-4-6-10-17/h4-13,15H,14H2,1-3H3. The van der Waals surface area contributed by atoms with Gasteiger partial charge >= 0.3 is 0 Å². The van der Waals surface area contributed by atoms with Crippen molar-refractivity contribution in [1.29, 1.82) is 0 Å². The van der Waals surface area contributed by atoms with Crippen LogP contribution in [0.4, 0.5) is 0 Å². The van der Waals surface area contributed by atoms with E-state index in [0.29, 0.717) is 11.7 Å². The summed E-state index contributed by atoms with van der Waals surface area (Å²) in [6, 6.07) is 18.7. The second-order valence-corrected chi connectivity index (χ2v) is 6.93. The molecule has 0 spiro atoms. The quantitative estimate of drug-likeness (QED) is 0.526. The lowest BCUT2D eigenvalue weighted by Gasteiger charge is -2.09. The molecule has 0 aliphatic carbocycles. The summed E-state index contributed by atoms with van der Waals surface area (Å²) in [6.45, 7) is 7.10. The minimum Gasteiger partial charge on any atom is -0.260 e. The van der Waals surface area contributed by atoms with Crippen molar-refractivity contribution >= 4 is 10.9 Å². The predicted molar refractivity (Wildman–Crippen MR) is 105 cm³/mol. The van der Waals surface area contributed by atoms with Crippen LogP contribution in [0.5, 0.6) is 0 Å². The minimum absolute atomic E-state index is 0.356. The van der Waals surface area contributed by atoms with Gasteiger partial charge in [0.25, 0.3) is 0 Å². The van der Waals surface area contributed by atoms with E-state index in [2.05, 4.69) is 62.2 Å². The van der Waals surface area contributed by atoms with Crippen LogP contribution in [0.15, 0.2) is 60.8 Å². The summed E-state index contributed by atoms with van der Waals surface area (Å²) >= 11 is 0. The van der Waals surface area contributed by atoms with E-state index in [-0.39, 0.29) is 0 Å². The van der Waals surface area contributed by atoms with Crippen LogP contribution in [-0.2, 0) is 6.54 Å². The van der Waals surface area contributed by atoms with Gasteiger partial charge in [0.05, 0.1) is 12.1 Å². The van der Waals surface area contributed by atoms with Crippen LogP contribution in [-0.4, -0.2) is 19.7 Å². The third-order valence-corrected chi connectivity index (χ3v) is 4.60. The normalized spacial score (nSPS) is 11.4. The van der Waals surface area contributed by atoms with E-state index in [4.69, 9.17) is 10.1 Å². The molecule has 0 radical (unpaired) electrons. The molecule has 130 valence electrons. The molecule has 0 bridgehead atoms. The molecule has 4 aromatic rings.